The quantitative estimate of drug-likeness (QED) is 0.704. The largest absolute Gasteiger partial charge is 0.459 e. The van der Waals surface area contributed by atoms with Gasteiger partial charge in [-0.15, -0.1) is 0 Å². The predicted octanol–water partition coefficient (Wildman–Crippen LogP) is 4.68. The van der Waals surface area contributed by atoms with Crippen molar-refractivity contribution in [3.8, 4) is 0 Å². The summed E-state index contributed by atoms with van der Waals surface area (Å²) in [5.41, 5.74) is 4.45. The fourth-order valence-electron chi connectivity index (χ4n) is 3.60. The summed E-state index contributed by atoms with van der Waals surface area (Å²) in [6, 6.07) is 8.75. The van der Waals surface area contributed by atoms with Gasteiger partial charge in [0, 0.05) is 11.5 Å². The Morgan fingerprint density at radius 2 is 2.09 bits per heavy atom. The topological polar surface area (TPSA) is 42.4 Å². The molecule has 3 heterocycles. The second-order valence-electron chi connectivity index (χ2n) is 6.65. The lowest BCUT2D eigenvalue weighted by Crippen LogP contribution is -2.22. The lowest BCUT2D eigenvalue weighted by atomic mass is 10.1. The molecule has 2 aromatic heterocycles. The Bertz CT molecular complexity index is 846. The van der Waals surface area contributed by atoms with Crippen LogP contribution in [-0.2, 0) is 6.54 Å². The Hall–Kier alpha value is -2.07. The fourth-order valence-corrected chi connectivity index (χ4v) is 3.60. The first-order valence-electron chi connectivity index (χ1n) is 8.28. The highest BCUT2D eigenvalue weighted by molar-refractivity contribution is 5.82. The summed E-state index contributed by atoms with van der Waals surface area (Å²) in [4.78, 5) is 2.44. The molecule has 0 spiro atoms. The van der Waals surface area contributed by atoms with Crippen LogP contribution >= 0.6 is 0 Å². The Morgan fingerprint density at radius 1 is 1.22 bits per heavy atom. The summed E-state index contributed by atoms with van der Waals surface area (Å²) in [6.07, 6.45) is 2.30. The molecule has 1 atom stereocenters. The summed E-state index contributed by atoms with van der Waals surface area (Å²) < 4.78 is 11.6. The standard InChI is InChI=1S/C19H22N2O2/c1-12-6-7-17-15(9-12)14(3)19(22-17)11-21-8-4-5-16(21)18-10-13(2)20-23-18/h6-7,9-10,16H,4-5,8,11H2,1-3H3/t16-/m0/s1. The Labute approximate surface area is 136 Å². The van der Waals surface area contributed by atoms with Gasteiger partial charge in [-0.3, -0.25) is 4.90 Å². The van der Waals surface area contributed by atoms with Crippen LogP contribution in [0.4, 0.5) is 0 Å². The Morgan fingerprint density at radius 3 is 2.87 bits per heavy atom. The number of benzene rings is 1. The minimum absolute atomic E-state index is 0.311. The number of rotatable bonds is 3. The molecule has 1 aliphatic rings. The molecule has 0 amide bonds. The zero-order valence-electron chi connectivity index (χ0n) is 13.9. The van der Waals surface area contributed by atoms with Crippen LogP contribution in [0, 0.1) is 20.8 Å². The lowest BCUT2D eigenvalue weighted by molar-refractivity contribution is 0.194. The number of fused-ring (bicyclic) bond motifs is 1. The molecule has 4 heteroatoms. The average Bonchev–Trinajstić information content (AvgIpc) is 3.22. The molecule has 1 fully saturated rings. The molecule has 0 saturated carbocycles. The lowest BCUT2D eigenvalue weighted by Gasteiger charge is -2.21. The molecule has 1 aromatic carbocycles. The maximum absolute atomic E-state index is 6.12. The highest BCUT2D eigenvalue weighted by Gasteiger charge is 2.30. The third-order valence-electron chi connectivity index (χ3n) is 4.88. The molecule has 23 heavy (non-hydrogen) atoms. The van der Waals surface area contributed by atoms with Gasteiger partial charge >= 0.3 is 0 Å². The average molecular weight is 310 g/mol. The molecule has 0 N–H and O–H groups in total. The number of hydrogen-bond donors (Lipinski definition) is 0. The van der Waals surface area contributed by atoms with Gasteiger partial charge in [0.25, 0.3) is 0 Å². The van der Waals surface area contributed by atoms with Crippen molar-refractivity contribution in [2.75, 3.05) is 6.54 Å². The van der Waals surface area contributed by atoms with Gasteiger partial charge in [0.15, 0.2) is 5.76 Å². The van der Waals surface area contributed by atoms with Gasteiger partial charge in [-0.05, 0) is 57.9 Å². The maximum Gasteiger partial charge on any atom is 0.154 e. The highest BCUT2D eigenvalue weighted by atomic mass is 16.5. The van der Waals surface area contributed by atoms with Crippen molar-refractivity contribution in [1.82, 2.24) is 10.1 Å². The molecular weight excluding hydrogens is 288 g/mol. The monoisotopic (exact) mass is 310 g/mol. The fraction of sp³-hybridized carbons (Fsp3) is 0.421. The zero-order valence-corrected chi connectivity index (χ0v) is 13.9. The van der Waals surface area contributed by atoms with E-state index in [1.165, 1.54) is 22.9 Å². The SMILES string of the molecule is Cc1ccc2oc(CN3CCC[C@H]3c3cc(C)no3)c(C)c2c1. The molecule has 1 aliphatic heterocycles. The number of hydrogen-bond acceptors (Lipinski definition) is 4. The second-order valence-corrected chi connectivity index (χ2v) is 6.65. The molecule has 0 bridgehead atoms. The molecule has 1 saturated heterocycles. The number of furan rings is 1. The summed E-state index contributed by atoms with van der Waals surface area (Å²) in [6.45, 7) is 8.14. The van der Waals surface area contributed by atoms with Crippen LogP contribution < -0.4 is 0 Å². The van der Waals surface area contributed by atoms with E-state index in [1.54, 1.807) is 0 Å². The molecular formula is C19H22N2O2. The minimum Gasteiger partial charge on any atom is -0.459 e. The first-order valence-corrected chi connectivity index (χ1v) is 8.28. The van der Waals surface area contributed by atoms with Crippen molar-refractivity contribution in [2.45, 2.75) is 46.2 Å². The first kappa shape index (κ1) is 14.5. The van der Waals surface area contributed by atoms with Crippen molar-refractivity contribution in [3.63, 3.8) is 0 Å². The van der Waals surface area contributed by atoms with Crippen molar-refractivity contribution >= 4 is 11.0 Å². The van der Waals surface area contributed by atoms with E-state index in [-0.39, 0.29) is 0 Å². The third kappa shape index (κ3) is 2.57. The molecule has 0 unspecified atom stereocenters. The van der Waals surface area contributed by atoms with Crippen LogP contribution in [0.5, 0.6) is 0 Å². The molecule has 3 aromatic rings. The number of aryl methyl sites for hydroxylation is 3. The van der Waals surface area contributed by atoms with E-state index in [0.717, 1.165) is 42.3 Å². The summed E-state index contributed by atoms with van der Waals surface area (Å²) >= 11 is 0. The van der Waals surface area contributed by atoms with E-state index < -0.39 is 0 Å². The second kappa shape index (κ2) is 5.53. The van der Waals surface area contributed by atoms with Crippen LogP contribution in [-0.4, -0.2) is 16.6 Å². The van der Waals surface area contributed by atoms with Crippen LogP contribution in [0.2, 0.25) is 0 Å². The van der Waals surface area contributed by atoms with E-state index in [9.17, 15) is 0 Å². The number of likely N-dealkylation sites (tertiary alicyclic amines) is 1. The van der Waals surface area contributed by atoms with Gasteiger partial charge in [0.1, 0.15) is 11.3 Å². The Balaban J connectivity index is 1.63. The van der Waals surface area contributed by atoms with Gasteiger partial charge in [-0.25, -0.2) is 0 Å². The smallest absolute Gasteiger partial charge is 0.154 e. The van der Waals surface area contributed by atoms with Crippen molar-refractivity contribution < 1.29 is 8.94 Å². The van der Waals surface area contributed by atoms with E-state index in [0.29, 0.717) is 6.04 Å². The minimum atomic E-state index is 0.311. The molecule has 4 nitrogen and oxygen atoms in total. The Kier molecular flexibility index (Phi) is 3.49. The first-order chi connectivity index (χ1) is 11.1. The number of nitrogens with zero attached hydrogens (tertiary/aromatic N) is 2. The van der Waals surface area contributed by atoms with E-state index >= 15 is 0 Å². The summed E-state index contributed by atoms with van der Waals surface area (Å²) in [7, 11) is 0. The van der Waals surface area contributed by atoms with Gasteiger partial charge in [-0.2, -0.15) is 0 Å². The van der Waals surface area contributed by atoms with Crippen LogP contribution in [0.15, 0.2) is 33.2 Å². The molecule has 0 aliphatic carbocycles. The van der Waals surface area contributed by atoms with Crippen molar-refractivity contribution in [3.05, 3.63) is 52.6 Å². The van der Waals surface area contributed by atoms with Gasteiger partial charge in [0.2, 0.25) is 0 Å². The van der Waals surface area contributed by atoms with Gasteiger partial charge in [0.05, 0.1) is 18.3 Å². The van der Waals surface area contributed by atoms with E-state index in [2.05, 4.69) is 48.2 Å². The van der Waals surface area contributed by atoms with E-state index in [4.69, 9.17) is 8.94 Å². The molecule has 0 radical (unpaired) electrons. The third-order valence-corrected chi connectivity index (χ3v) is 4.88. The van der Waals surface area contributed by atoms with Crippen molar-refractivity contribution in [1.29, 1.82) is 0 Å². The van der Waals surface area contributed by atoms with Crippen molar-refractivity contribution in [2.24, 2.45) is 0 Å². The zero-order chi connectivity index (χ0) is 16.0. The van der Waals surface area contributed by atoms with Gasteiger partial charge < -0.3 is 8.94 Å². The van der Waals surface area contributed by atoms with Crippen LogP contribution in [0.25, 0.3) is 11.0 Å². The van der Waals surface area contributed by atoms with E-state index in [1.807, 2.05) is 6.92 Å². The van der Waals surface area contributed by atoms with Crippen LogP contribution in [0.3, 0.4) is 0 Å². The highest BCUT2D eigenvalue weighted by Crippen LogP contribution is 2.35. The normalized spacial score (nSPS) is 19.0. The number of aromatic nitrogens is 1. The molecule has 120 valence electrons. The maximum atomic E-state index is 6.12. The predicted molar refractivity (Wildman–Crippen MR) is 89.3 cm³/mol. The summed E-state index contributed by atoms with van der Waals surface area (Å²) in [5.74, 6) is 2.04. The van der Waals surface area contributed by atoms with Crippen LogP contribution in [0.1, 0.15) is 47.2 Å². The summed E-state index contributed by atoms with van der Waals surface area (Å²) in [5, 5.41) is 5.27. The molecule has 4 rings (SSSR count). The van der Waals surface area contributed by atoms with Gasteiger partial charge in [-0.1, -0.05) is 16.8 Å².